The van der Waals surface area contributed by atoms with E-state index in [4.69, 9.17) is 23.2 Å². The molecule has 0 aliphatic rings. The summed E-state index contributed by atoms with van der Waals surface area (Å²) >= 11 is 16.1. The fourth-order valence-electron chi connectivity index (χ4n) is 4.42. The topological polar surface area (TPSA) is 86.8 Å². The fraction of sp³-hybridized carbons (Fsp3) is 0.161. The van der Waals surface area contributed by atoms with E-state index in [0.717, 1.165) is 19.9 Å². The van der Waals surface area contributed by atoms with Crippen molar-refractivity contribution >= 4 is 66.7 Å². The summed E-state index contributed by atoms with van der Waals surface area (Å²) in [5.74, 6) is -0.986. The molecule has 0 saturated heterocycles. The highest BCUT2D eigenvalue weighted by Gasteiger charge is 2.35. The molecular weight excluding hydrogens is 661 g/mol. The third kappa shape index (κ3) is 7.72. The van der Waals surface area contributed by atoms with Crippen molar-refractivity contribution in [3.63, 3.8) is 0 Å². The van der Waals surface area contributed by atoms with Gasteiger partial charge in [0.2, 0.25) is 11.8 Å². The molecule has 11 heteroatoms. The van der Waals surface area contributed by atoms with E-state index in [1.165, 1.54) is 42.3 Å². The number of benzene rings is 4. The number of anilines is 1. The number of likely N-dealkylation sites (N-methyl/N-ethyl adjacent to an activating group) is 1. The zero-order chi connectivity index (χ0) is 30.3. The Hall–Kier alpha value is -3.37. The number of rotatable bonds is 11. The summed E-state index contributed by atoms with van der Waals surface area (Å²) in [6, 6.07) is 27.9. The lowest BCUT2D eigenvalue weighted by atomic mass is 10.0. The van der Waals surface area contributed by atoms with E-state index in [9.17, 15) is 18.0 Å². The molecule has 4 rings (SSSR count). The molecule has 0 aliphatic carbocycles. The fourth-order valence-corrected chi connectivity index (χ4v) is 6.56. The maximum absolute atomic E-state index is 14.3. The Balaban J connectivity index is 1.81. The van der Waals surface area contributed by atoms with E-state index >= 15 is 0 Å². The normalized spacial score (nSPS) is 11.9. The zero-order valence-electron chi connectivity index (χ0n) is 22.6. The summed E-state index contributed by atoms with van der Waals surface area (Å²) in [4.78, 5) is 29.0. The van der Waals surface area contributed by atoms with Gasteiger partial charge in [-0.05, 0) is 53.6 Å². The smallest absolute Gasteiger partial charge is 0.264 e. The molecule has 4 aromatic rings. The molecule has 0 heterocycles. The number of sulfonamides is 1. The van der Waals surface area contributed by atoms with Crippen LogP contribution in [0.1, 0.15) is 11.1 Å². The molecule has 0 spiro atoms. The minimum absolute atomic E-state index is 0.0274. The number of nitrogens with zero attached hydrogens (tertiary/aromatic N) is 2. The van der Waals surface area contributed by atoms with Gasteiger partial charge in [0.1, 0.15) is 12.6 Å². The van der Waals surface area contributed by atoms with Crippen LogP contribution in [0.2, 0.25) is 10.0 Å². The van der Waals surface area contributed by atoms with Gasteiger partial charge in [-0.2, -0.15) is 0 Å². The Morgan fingerprint density at radius 2 is 1.48 bits per heavy atom. The second-order valence-electron chi connectivity index (χ2n) is 9.39. The minimum Gasteiger partial charge on any atom is -0.357 e. The summed E-state index contributed by atoms with van der Waals surface area (Å²) in [5.41, 5.74) is 1.64. The first-order chi connectivity index (χ1) is 20.1. The van der Waals surface area contributed by atoms with Crippen molar-refractivity contribution in [3.8, 4) is 0 Å². The second-order valence-corrected chi connectivity index (χ2v) is 13.0. The molecule has 2 amide bonds. The number of carbonyl (C=O) groups is 2. The molecule has 4 aromatic carbocycles. The molecule has 1 atom stereocenters. The summed E-state index contributed by atoms with van der Waals surface area (Å²) < 4.78 is 29.7. The van der Waals surface area contributed by atoms with Gasteiger partial charge in [-0.15, -0.1) is 0 Å². The first-order valence-electron chi connectivity index (χ1n) is 12.9. The van der Waals surface area contributed by atoms with Crippen molar-refractivity contribution < 1.29 is 18.0 Å². The van der Waals surface area contributed by atoms with Crippen LogP contribution in [0.15, 0.2) is 112 Å². The van der Waals surface area contributed by atoms with Gasteiger partial charge in [-0.3, -0.25) is 13.9 Å². The molecule has 42 heavy (non-hydrogen) atoms. The molecule has 218 valence electrons. The molecule has 0 radical (unpaired) electrons. The van der Waals surface area contributed by atoms with Crippen LogP contribution in [0, 0.1) is 0 Å². The monoisotopic (exact) mass is 687 g/mol. The van der Waals surface area contributed by atoms with Gasteiger partial charge < -0.3 is 10.2 Å². The highest BCUT2D eigenvalue weighted by molar-refractivity contribution is 9.10. The first-order valence-corrected chi connectivity index (χ1v) is 15.9. The molecule has 0 bridgehead atoms. The number of hydrogen-bond acceptors (Lipinski definition) is 4. The molecule has 1 N–H and O–H groups in total. The summed E-state index contributed by atoms with van der Waals surface area (Å²) in [7, 11) is -2.77. The largest absolute Gasteiger partial charge is 0.357 e. The van der Waals surface area contributed by atoms with Crippen LogP contribution in [-0.2, 0) is 32.6 Å². The predicted molar refractivity (Wildman–Crippen MR) is 170 cm³/mol. The molecule has 0 fully saturated rings. The Bertz CT molecular complexity index is 1640. The van der Waals surface area contributed by atoms with E-state index in [0.29, 0.717) is 0 Å². The Kier molecular flexibility index (Phi) is 10.7. The second kappa shape index (κ2) is 14.2. The van der Waals surface area contributed by atoms with Crippen molar-refractivity contribution in [2.75, 3.05) is 17.9 Å². The predicted octanol–water partition coefficient (Wildman–Crippen LogP) is 6.34. The molecule has 0 unspecified atom stereocenters. The van der Waals surface area contributed by atoms with Crippen molar-refractivity contribution in [1.29, 1.82) is 0 Å². The SMILES string of the molecule is CNC(=O)[C@H](Cc1ccccc1)N(Cc1ccc(Br)cc1)C(=O)CN(c1cc(Cl)ccc1Cl)S(=O)(=O)c1ccccc1. The third-order valence-corrected chi connectivity index (χ3v) is 9.43. The Morgan fingerprint density at radius 1 is 0.857 bits per heavy atom. The van der Waals surface area contributed by atoms with Gasteiger partial charge >= 0.3 is 0 Å². The van der Waals surface area contributed by atoms with Gasteiger partial charge in [-0.1, -0.05) is 99.8 Å². The number of nitrogens with one attached hydrogen (secondary N) is 1. The maximum atomic E-state index is 14.3. The van der Waals surface area contributed by atoms with Gasteiger partial charge in [-0.25, -0.2) is 8.42 Å². The van der Waals surface area contributed by atoms with E-state index in [1.54, 1.807) is 18.2 Å². The lowest BCUT2D eigenvalue weighted by Gasteiger charge is -2.33. The van der Waals surface area contributed by atoms with Crippen LogP contribution in [-0.4, -0.2) is 44.8 Å². The molecule has 7 nitrogen and oxygen atoms in total. The number of hydrogen-bond donors (Lipinski definition) is 1. The van der Waals surface area contributed by atoms with Crippen LogP contribution in [0.25, 0.3) is 0 Å². The van der Waals surface area contributed by atoms with Crippen LogP contribution < -0.4 is 9.62 Å². The quantitative estimate of drug-likeness (QED) is 0.199. The number of carbonyl (C=O) groups excluding carboxylic acids is 2. The maximum Gasteiger partial charge on any atom is 0.264 e. The van der Waals surface area contributed by atoms with Crippen molar-refractivity contribution in [1.82, 2.24) is 10.2 Å². The molecule has 0 aromatic heterocycles. The van der Waals surface area contributed by atoms with Crippen LogP contribution in [0.3, 0.4) is 0 Å². The number of amides is 2. The Morgan fingerprint density at radius 3 is 2.10 bits per heavy atom. The lowest BCUT2D eigenvalue weighted by Crippen LogP contribution is -2.53. The number of halogens is 3. The van der Waals surface area contributed by atoms with E-state index < -0.39 is 28.5 Å². The van der Waals surface area contributed by atoms with E-state index in [1.807, 2.05) is 54.6 Å². The van der Waals surface area contributed by atoms with Gasteiger partial charge in [0.15, 0.2) is 0 Å². The average Bonchev–Trinajstić information content (AvgIpc) is 3.00. The molecular formula is C31H28BrCl2N3O4S. The van der Waals surface area contributed by atoms with Crippen LogP contribution in [0.5, 0.6) is 0 Å². The van der Waals surface area contributed by atoms with Crippen LogP contribution >= 0.6 is 39.1 Å². The van der Waals surface area contributed by atoms with Gasteiger partial charge in [0, 0.05) is 29.5 Å². The van der Waals surface area contributed by atoms with Crippen molar-refractivity contribution in [2.45, 2.75) is 23.9 Å². The summed E-state index contributed by atoms with van der Waals surface area (Å²) in [5, 5.41) is 3.00. The minimum atomic E-state index is -4.27. The van der Waals surface area contributed by atoms with Crippen molar-refractivity contribution in [3.05, 3.63) is 129 Å². The highest BCUT2D eigenvalue weighted by atomic mass is 79.9. The standard InChI is InChI=1S/C31H28BrCl2N3O4S/c1-35-31(39)29(18-22-8-4-2-5-9-22)36(20-23-12-14-24(32)15-13-23)30(38)21-37(28-19-25(33)16-17-27(28)34)42(40,41)26-10-6-3-7-11-26/h2-17,19,29H,18,20-21H2,1H3,(H,35,39)/t29-/m0/s1. The first kappa shape index (κ1) is 31.6. The van der Waals surface area contributed by atoms with E-state index in [-0.39, 0.29) is 39.5 Å². The zero-order valence-corrected chi connectivity index (χ0v) is 26.5. The van der Waals surface area contributed by atoms with Gasteiger partial charge in [0.05, 0.1) is 15.6 Å². The van der Waals surface area contributed by atoms with Gasteiger partial charge in [0.25, 0.3) is 10.0 Å². The molecule has 0 saturated carbocycles. The summed E-state index contributed by atoms with van der Waals surface area (Å²) in [6.45, 7) is -0.574. The van der Waals surface area contributed by atoms with Crippen LogP contribution in [0.4, 0.5) is 5.69 Å². The average molecular weight is 689 g/mol. The highest BCUT2D eigenvalue weighted by Crippen LogP contribution is 2.33. The van der Waals surface area contributed by atoms with Crippen molar-refractivity contribution in [2.24, 2.45) is 0 Å². The van der Waals surface area contributed by atoms with E-state index in [2.05, 4.69) is 21.2 Å². The lowest BCUT2D eigenvalue weighted by molar-refractivity contribution is -0.139. The third-order valence-electron chi connectivity index (χ3n) is 6.57. The Labute approximate surface area is 264 Å². The summed E-state index contributed by atoms with van der Waals surface area (Å²) in [6.07, 6.45) is 0.214. The molecule has 0 aliphatic heterocycles.